The second-order valence-corrected chi connectivity index (χ2v) is 7.51. The van der Waals surface area contributed by atoms with Gasteiger partial charge in [0.15, 0.2) is 0 Å². The summed E-state index contributed by atoms with van der Waals surface area (Å²) in [6.45, 7) is 5.14. The molecule has 2 amide bonds. The molecule has 1 N–H and O–H groups in total. The second kappa shape index (κ2) is 8.62. The van der Waals surface area contributed by atoms with Gasteiger partial charge in [0.1, 0.15) is 5.82 Å². The molecule has 6 heteroatoms. The SMILES string of the molecule is CC1CCCCC1NC(=O)CN1CCN(C(=O)c2ccc(F)cc2)CC1. The van der Waals surface area contributed by atoms with Crippen LogP contribution in [0.25, 0.3) is 0 Å². The summed E-state index contributed by atoms with van der Waals surface area (Å²) in [6.07, 6.45) is 4.72. The lowest BCUT2D eigenvalue weighted by Crippen LogP contribution is -2.52. The van der Waals surface area contributed by atoms with Crippen molar-refractivity contribution in [1.82, 2.24) is 15.1 Å². The van der Waals surface area contributed by atoms with E-state index in [9.17, 15) is 14.0 Å². The summed E-state index contributed by atoms with van der Waals surface area (Å²) in [4.78, 5) is 28.6. The Morgan fingerprint density at radius 2 is 1.73 bits per heavy atom. The van der Waals surface area contributed by atoms with Crippen molar-refractivity contribution in [2.24, 2.45) is 5.92 Å². The van der Waals surface area contributed by atoms with E-state index in [0.717, 1.165) is 6.42 Å². The Labute approximate surface area is 154 Å². The minimum Gasteiger partial charge on any atom is -0.352 e. The number of benzene rings is 1. The first kappa shape index (κ1) is 18.8. The molecule has 3 rings (SSSR count). The lowest BCUT2D eigenvalue weighted by molar-refractivity contribution is -0.123. The van der Waals surface area contributed by atoms with Gasteiger partial charge in [-0.2, -0.15) is 0 Å². The molecule has 0 spiro atoms. The van der Waals surface area contributed by atoms with Gasteiger partial charge in [-0.25, -0.2) is 4.39 Å². The van der Waals surface area contributed by atoms with Gasteiger partial charge in [-0.15, -0.1) is 0 Å². The average molecular weight is 361 g/mol. The molecule has 0 bridgehead atoms. The Morgan fingerprint density at radius 1 is 1.08 bits per heavy atom. The molecule has 1 aromatic carbocycles. The Kier molecular flexibility index (Phi) is 6.25. The zero-order valence-corrected chi connectivity index (χ0v) is 15.4. The van der Waals surface area contributed by atoms with Crippen LogP contribution in [0.2, 0.25) is 0 Å². The van der Waals surface area contributed by atoms with Gasteiger partial charge in [-0.3, -0.25) is 14.5 Å². The fourth-order valence-corrected chi connectivity index (χ4v) is 3.87. The van der Waals surface area contributed by atoms with Crippen molar-refractivity contribution in [3.8, 4) is 0 Å². The van der Waals surface area contributed by atoms with Crippen molar-refractivity contribution in [2.45, 2.75) is 38.6 Å². The average Bonchev–Trinajstić information content (AvgIpc) is 2.64. The van der Waals surface area contributed by atoms with Crippen LogP contribution in [0.4, 0.5) is 4.39 Å². The van der Waals surface area contributed by atoms with Crippen molar-refractivity contribution < 1.29 is 14.0 Å². The summed E-state index contributed by atoms with van der Waals surface area (Å²) in [5.74, 6) is 0.217. The third-order valence-corrected chi connectivity index (χ3v) is 5.58. The van der Waals surface area contributed by atoms with E-state index in [-0.39, 0.29) is 17.6 Å². The third kappa shape index (κ3) is 4.81. The molecule has 1 saturated heterocycles. The van der Waals surface area contributed by atoms with Crippen molar-refractivity contribution in [3.63, 3.8) is 0 Å². The minimum absolute atomic E-state index is 0.0786. The first-order chi connectivity index (χ1) is 12.5. The number of hydrogen-bond donors (Lipinski definition) is 1. The minimum atomic E-state index is -0.343. The number of piperazine rings is 1. The lowest BCUT2D eigenvalue weighted by Gasteiger charge is -2.35. The maximum atomic E-state index is 13.0. The molecule has 0 aromatic heterocycles. The summed E-state index contributed by atoms with van der Waals surface area (Å²) in [5.41, 5.74) is 0.504. The third-order valence-electron chi connectivity index (χ3n) is 5.58. The predicted molar refractivity (Wildman–Crippen MR) is 98.3 cm³/mol. The Bertz CT molecular complexity index is 626. The fraction of sp³-hybridized carbons (Fsp3) is 0.600. The van der Waals surface area contributed by atoms with E-state index in [2.05, 4.69) is 17.1 Å². The highest BCUT2D eigenvalue weighted by molar-refractivity contribution is 5.94. The monoisotopic (exact) mass is 361 g/mol. The van der Waals surface area contributed by atoms with Crippen molar-refractivity contribution >= 4 is 11.8 Å². The van der Waals surface area contributed by atoms with Gasteiger partial charge < -0.3 is 10.2 Å². The fourth-order valence-electron chi connectivity index (χ4n) is 3.87. The topological polar surface area (TPSA) is 52.7 Å². The first-order valence-corrected chi connectivity index (χ1v) is 9.59. The molecule has 2 fully saturated rings. The van der Waals surface area contributed by atoms with Crippen molar-refractivity contribution in [1.29, 1.82) is 0 Å². The van der Waals surface area contributed by atoms with Gasteiger partial charge in [-0.1, -0.05) is 19.8 Å². The second-order valence-electron chi connectivity index (χ2n) is 7.51. The summed E-state index contributed by atoms with van der Waals surface area (Å²) in [6, 6.07) is 5.95. The summed E-state index contributed by atoms with van der Waals surface area (Å²) < 4.78 is 13.0. The first-order valence-electron chi connectivity index (χ1n) is 9.59. The quantitative estimate of drug-likeness (QED) is 0.895. The summed E-state index contributed by atoms with van der Waals surface area (Å²) >= 11 is 0. The molecule has 26 heavy (non-hydrogen) atoms. The number of halogens is 1. The maximum absolute atomic E-state index is 13.0. The summed E-state index contributed by atoms with van der Waals surface area (Å²) in [5, 5.41) is 3.18. The molecule has 1 aliphatic heterocycles. The van der Waals surface area contributed by atoms with Crippen molar-refractivity contribution in [2.75, 3.05) is 32.7 Å². The number of nitrogens with one attached hydrogen (secondary N) is 1. The molecule has 5 nitrogen and oxygen atoms in total. The Balaban J connectivity index is 1.44. The molecule has 0 radical (unpaired) electrons. The van der Waals surface area contributed by atoms with E-state index in [1.807, 2.05) is 0 Å². The van der Waals surface area contributed by atoms with Crippen LogP contribution in [-0.4, -0.2) is 60.4 Å². The van der Waals surface area contributed by atoms with Crippen LogP contribution in [0.5, 0.6) is 0 Å². The van der Waals surface area contributed by atoms with E-state index < -0.39 is 0 Å². The zero-order chi connectivity index (χ0) is 18.5. The largest absolute Gasteiger partial charge is 0.352 e. The molecule has 1 heterocycles. The molecule has 2 aliphatic rings. The van der Waals surface area contributed by atoms with Crippen LogP contribution in [0.1, 0.15) is 43.0 Å². The molecule has 2 atom stereocenters. The maximum Gasteiger partial charge on any atom is 0.253 e. The molecular formula is C20H28FN3O2. The van der Waals surface area contributed by atoms with Crippen LogP contribution in [0, 0.1) is 11.7 Å². The van der Waals surface area contributed by atoms with Crippen LogP contribution >= 0.6 is 0 Å². The standard InChI is InChI=1S/C20H28FN3O2/c1-15-4-2-3-5-18(15)22-19(25)14-23-10-12-24(13-11-23)20(26)16-6-8-17(21)9-7-16/h6-9,15,18H,2-5,10-14H2,1H3,(H,22,25). The number of carbonyl (C=O) groups excluding carboxylic acids is 2. The van der Waals surface area contributed by atoms with Gasteiger partial charge in [-0.05, 0) is 43.0 Å². The molecule has 142 valence electrons. The Hall–Kier alpha value is -1.95. The number of rotatable bonds is 4. The Morgan fingerprint density at radius 3 is 2.38 bits per heavy atom. The smallest absolute Gasteiger partial charge is 0.253 e. The zero-order valence-electron chi connectivity index (χ0n) is 15.4. The van der Waals surface area contributed by atoms with E-state index >= 15 is 0 Å². The van der Waals surface area contributed by atoms with Gasteiger partial charge in [0.2, 0.25) is 5.91 Å². The van der Waals surface area contributed by atoms with Gasteiger partial charge >= 0.3 is 0 Å². The number of nitrogens with zero attached hydrogens (tertiary/aromatic N) is 2. The molecule has 1 aliphatic carbocycles. The highest BCUT2D eigenvalue weighted by atomic mass is 19.1. The highest BCUT2D eigenvalue weighted by Gasteiger charge is 2.26. The highest BCUT2D eigenvalue weighted by Crippen LogP contribution is 2.23. The molecule has 1 aromatic rings. The van der Waals surface area contributed by atoms with Gasteiger partial charge in [0.25, 0.3) is 5.91 Å². The van der Waals surface area contributed by atoms with Crippen LogP contribution in [-0.2, 0) is 4.79 Å². The van der Waals surface area contributed by atoms with E-state index in [1.165, 1.54) is 43.5 Å². The van der Waals surface area contributed by atoms with Crippen molar-refractivity contribution in [3.05, 3.63) is 35.6 Å². The van der Waals surface area contributed by atoms with E-state index in [1.54, 1.807) is 4.90 Å². The van der Waals surface area contributed by atoms with Crippen LogP contribution < -0.4 is 5.32 Å². The van der Waals surface area contributed by atoms with Crippen LogP contribution in [0.3, 0.4) is 0 Å². The van der Waals surface area contributed by atoms with E-state index in [4.69, 9.17) is 0 Å². The van der Waals surface area contributed by atoms with Crippen LogP contribution in [0.15, 0.2) is 24.3 Å². The van der Waals surface area contributed by atoms with Gasteiger partial charge in [0, 0.05) is 37.8 Å². The molecule has 1 saturated carbocycles. The lowest BCUT2D eigenvalue weighted by atomic mass is 9.86. The molecular weight excluding hydrogens is 333 g/mol. The summed E-state index contributed by atoms with van der Waals surface area (Å²) in [7, 11) is 0. The van der Waals surface area contributed by atoms with E-state index in [0.29, 0.717) is 50.2 Å². The number of carbonyl (C=O) groups is 2. The van der Waals surface area contributed by atoms with Gasteiger partial charge in [0.05, 0.1) is 6.54 Å². The number of amides is 2. The predicted octanol–water partition coefficient (Wildman–Crippen LogP) is 2.28. The number of hydrogen-bond acceptors (Lipinski definition) is 3. The normalized spacial score (nSPS) is 24.3. The molecule has 2 unspecified atom stereocenters.